The zero-order valence-electron chi connectivity index (χ0n) is 12.4. The van der Waals surface area contributed by atoms with E-state index in [9.17, 15) is 5.26 Å². The Labute approximate surface area is 122 Å². The first kappa shape index (κ1) is 13.6. The summed E-state index contributed by atoms with van der Waals surface area (Å²) in [5.74, 6) is 0.310. The van der Waals surface area contributed by atoms with Crippen molar-refractivity contribution in [1.82, 2.24) is 4.90 Å². The SMILES string of the molecule is CC(c1ccc2c(c1)CCCC2)C(C#N)N1CCCC1. The van der Waals surface area contributed by atoms with Gasteiger partial charge in [-0.15, -0.1) is 0 Å². The third-order valence-electron chi connectivity index (χ3n) is 5.04. The fourth-order valence-corrected chi connectivity index (χ4v) is 3.75. The van der Waals surface area contributed by atoms with Crippen LogP contribution < -0.4 is 0 Å². The molecule has 0 radical (unpaired) electrons. The molecule has 3 rings (SSSR count). The molecule has 2 aliphatic rings. The Morgan fingerprint density at radius 2 is 1.75 bits per heavy atom. The van der Waals surface area contributed by atoms with Crippen molar-refractivity contribution >= 4 is 0 Å². The summed E-state index contributed by atoms with van der Waals surface area (Å²) >= 11 is 0. The number of benzene rings is 1. The van der Waals surface area contributed by atoms with Gasteiger partial charge in [-0.1, -0.05) is 25.1 Å². The van der Waals surface area contributed by atoms with Crippen LogP contribution in [0, 0.1) is 11.3 Å². The van der Waals surface area contributed by atoms with E-state index >= 15 is 0 Å². The summed E-state index contributed by atoms with van der Waals surface area (Å²) in [6, 6.07) is 9.53. The average Bonchev–Trinajstić information content (AvgIpc) is 3.01. The molecule has 20 heavy (non-hydrogen) atoms. The Kier molecular flexibility index (Phi) is 4.08. The van der Waals surface area contributed by atoms with Crippen molar-refractivity contribution in [2.24, 2.45) is 0 Å². The van der Waals surface area contributed by atoms with Gasteiger partial charge in [0.1, 0.15) is 6.04 Å². The van der Waals surface area contributed by atoms with E-state index in [-0.39, 0.29) is 6.04 Å². The lowest BCUT2D eigenvalue weighted by Gasteiger charge is -2.28. The van der Waals surface area contributed by atoms with Crippen LogP contribution in [-0.4, -0.2) is 24.0 Å². The van der Waals surface area contributed by atoms with Gasteiger partial charge in [0.25, 0.3) is 0 Å². The molecule has 0 spiro atoms. The zero-order valence-corrected chi connectivity index (χ0v) is 12.4. The van der Waals surface area contributed by atoms with Gasteiger partial charge in [-0.3, -0.25) is 4.90 Å². The molecule has 1 fully saturated rings. The molecule has 2 atom stereocenters. The highest BCUT2D eigenvalue weighted by Gasteiger charge is 2.28. The molecule has 1 saturated heterocycles. The van der Waals surface area contributed by atoms with Crippen LogP contribution in [0.25, 0.3) is 0 Å². The standard InChI is InChI=1S/C18H24N2/c1-14(18(13-19)20-10-4-5-11-20)16-9-8-15-6-2-3-7-17(15)12-16/h8-9,12,14,18H,2-7,10-11H2,1H3. The van der Waals surface area contributed by atoms with Crippen LogP contribution in [-0.2, 0) is 12.8 Å². The van der Waals surface area contributed by atoms with Gasteiger partial charge in [-0.05, 0) is 68.3 Å². The average molecular weight is 268 g/mol. The maximum absolute atomic E-state index is 9.56. The van der Waals surface area contributed by atoms with E-state index in [2.05, 4.69) is 36.1 Å². The smallest absolute Gasteiger partial charge is 0.104 e. The predicted molar refractivity (Wildman–Crippen MR) is 81.7 cm³/mol. The lowest BCUT2D eigenvalue weighted by Crippen LogP contribution is -2.35. The predicted octanol–water partition coefficient (Wildman–Crippen LogP) is 3.66. The minimum atomic E-state index is 0.0409. The van der Waals surface area contributed by atoms with Crippen molar-refractivity contribution in [3.8, 4) is 6.07 Å². The first-order chi connectivity index (χ1) is 9.79. The Morgan fingerprint density at radius 1 is 1.05 bits per heavy atom. The Hall–Kier alpha value is -1.33. The molecule has 2 unspecified atom stereocenters. The van der Waals surface area contributed by atoms with E-state index in [1.807, 2.05) is 0 Å². The highest BCUT2D eigenvalue weighted by atomic mass is 15.2. The molecule has 1 aliphatic heterocycles. The van der Waals surface area contributed by atoms with E-state index in [1.165, 1.54) is 55.2 Å². The molecule has 0 saturated carbocycles. The van der Waals surface area contributed by atoms with Crippen LogP contribution in [0.4, 0.5) is 0 Å². The molecule has 106 valence electrons. The van der Waals surface area contributed by atoms with Gasteiger partial charge >= 0.3 is 0 Å². The number of hydrogen-bond acceptors (Lipinski definition) is 2. The van der Waals surface area contributed by atoms with Crippen molar-refractivity contribution in [2.45, 2.75) is 57.4 Å². The number of hydrogen-bond donors (Lipinski definition) is 0. The van der Waals surface area contributed by atoms with Crippen molar-refractivity contribution in [2.75, 3.05) is 13.1 Å². The van der Waals surface area contributed by atoms with Gasteiger partial charge in [-0.25, -0.2) is 0 Å². The van der Waals surface area contributed by atoms with Crippen molar-refractivity contribution in [3.05, 3.63) is 34.9 Å². The van der Waals surface area contributed by atoms with Crippen LogP contribution in [0.2, 0.25) is 0 Å². The number of nitriles is 1. The molecule has 0 bridgehead atoms. The second-order valence-electron chi connectivity index (χ2n) is 6.34. The first-order valence-corrected chi connectivity index (χ1v) is 8.05. The van der Waals surface area contributed by atoms with Crippen molar-refractivity contribution in [1.29, 1.82) is 5.26 Å². The summed E-state index contributed by atoms with van der Waals surface area (Å²) in [6.07, 6.45) is 7.59. The Balaban J connectivity index is 1.82. The summed E-state index contributed by atoms with van der Waals surface area (Å²) < 4.78 is 0. The third-order valence-corrected chi connectivity index (χ3v) is 5.04. The van der Waals surface area contributed by atoms with E-state index < -0.39 is 0 Å². The Bertz CT molecular complexity index is 509. The topological polar surface area (TPSA) is 27.0 Å². The molecule has 1 aromatic carbocycles. The monoisotopic (exact) mass is 268 g/mol. The zero-order chi connectivity index (χ0) is 13.9. The summed E-state index contributed by atoms with van der Waals surface area (Å²) in [7, 11) is 0. The quantitative estimate of drug-likeness (QED) is 0.836. The van der Waals surface area contributed by atoms with Gasteiger partial charge in [0.05, 0.1) is 6.07 Å². The molecule has 0 N–H and O–H groups in total. The number of fused-ring (bicyclic) bond motifs is 1. The lowest BCUT2D eigenvalue weighted by molar-refractivity contribution is 0.263. The van der Waals surface area contributed by atoms with E-state index in [1.54, 1.807) is 0 Å². The fourth-order valence-electron chi connectivity index (χ4n) is 3.75. The number of rotatable bonds is 3. The largest absolute Gasteiger partial charge is 0.288 e. The molecule has 2 nitrogen and oxygen atoms in total. The van der Waals surface area contributed by atoms with Gasteiger partial charge in [0, 0.05) is 5.92 Å². The minimum absolute atomic E-state index is 0.0409. The Morgan fingerprint density at radius 3 is 2.45 bits per heavy atom. The van der Waals surface area contributed by atoms with E-state index in [0.29, 0.717) is 5.92 Å². The molecule has 0 amide bonds. The molecule has 0 aromatic heterocycles. The van der Waals surface area contributed by atoms with Crippen molar-refractivity contribution in [3.63, 3.8) is 0 Å². The van der Waals surface area contributed by atoms with Crippen LogP contribution >= 0.6 is 0 Å². The summed E-state index contributed by atoms with van der Waals surface area (Å²) in [5, 5.41) is 9.56. The van der Waals surface area contributed by atoms with Gasteiger partial charge < -0.3 is 0 Å². The normalized spacial score (nSPS) is 22.0. The maximum Gasteiger partial charge on any atom is 0.104 e. The summed E-state index contributed by atoms with van der Waals surface area (Å²) in [4.78, 5) is 2.37. The highest BCUT2D eigenvalue weighted by molar-refractivity contribution is 5.36. The van der Waals surface area contributed by atoms with Crippen molar-refractivity contribution < 1.29 is 0 Å². The molecule has 1 aliphatic carbocycles. The number of nitrogens with zero attached hydrogens (tertiary/aromatic N) is 2. The molecule has 1 aromatic rings. The minimum Gasteiger partial charge on any atom is -0.288 e. The summed E-state index contributed by atoms with van der Waals surface area (Å²) in [6.45, 7) is 4.40. The highest BCUT2D eigenvalue weighted by Crippen LogP contribution is 2.29. The van der Waals surface area contributed by atoms with Crippen LogP contribution in [0.5, 0.6) is 0 Å². The second kappa shape index (κ2) is 5.97. The van der Waals surface area contributed by atoms with Gasteiger partial charge in [-0.2, -0.15) is 5.26 Å². The van der Waals surface area contributed by atoms with E-state index in [4.69, 9.17) is 0 Å². The van der Waals surface area contributed by atoms with Crippen LogP contribution in [0.15, 0.2) is 18.2 Å². The number of likely N-dealkylation sites (tertiary alicyclic amines) is 1. The molecule has 2 heteroatoms. The van der Waals surface area contributed by atoms with E-state index in [0.717, 1.165) is 13.1 Å². The van der Waals surface area contributed by atoms with Crippen LogP contribution in [0.3, 0.4) is 0 Å². The second-order valence-corrected chi connectivity index (χ2v) is 6.34. The van der Waals surface area contributed by atoms with Crippen LogP contribution in [0.1, 0.15) is 55.2 Å². The molecular formula is C18H24N2. The maximum atomic E-state index is 9.56. The molecule has 1 heterocycles. The molecular weight excluding hydrogens is 244 g/mol. The number of aryl methyl sites for hydroxylation is 2. The third kappa shape index (κ3) is 2.60. The van der Waals surface area contributed by atoms with Gasteiger partial charge in [0.15, 0.2) is 0 Å². The fraction of sp³-hybridized carbons (Fsp3) is 0.611. The lowest BCUT2D eigenvalue weighted by atomic mass is 9.86. The first-order valence-electron chi connectivity index (χ1n) is 8.05. The summed E-state index contributed by atoms with van der Waals surface area (Å²) in [5.41, 5.74) is 4.41. The van der Waals surface area contributed by atoms with Gasteiger partial charge in [0.2, 0.25) is 0 Å².